The largest absolute Gasteiger partial charge is 0.385 e. The van der Waals surface area contributed by atoms with Gasteiger partial charge in [-0.25, -0.2) is 4.98 Å². The number of nitrogens with one attached hydrogen (secondary N) is 1. The van der Waals surface area contributed by atoms with E-state index in [9.17, 15) is 0 Å². The van der Waals surface area contributed by atoms with Gasteiger partial charge in [-0.05, 0) is 51.7 Å². The van der Waals surface area contributed by atoms with Gasteiger partial charge >= 0.3 is 0 Å². The number of piperidine rings is 1. The predicted octanol–water partition coefficient (Wildman–Crippen LogP) is 3.84. The molecule has 31 heavy (non-hydrogen) atoms. The summed E-state index contributed by atoms with van der Waals surface area (Å²) in [6.07, 6.45) is 4.43. The summed E-state index contributed by atoms with van der Waals surface area (Å²) < 4.78 is 13.4. The van der Waals surface area contributed by atoms with E-state index in [1.165, 1.54) is 5.52 Å². The Labute approximate surface area is 203 Å². The van der Waals surface area contributed by atoms with Crippen LogP contribution in [0.25, 0.3) is 11.0 Å². The molecule has 1 aromatic carbocycles. The highest BCUT2D eigenvalue weighted by Gasteiger charge is 2.21. The molecule has 1 saturated heterocycles. The van der Waals surface area contributed by atoms with Crippen molar-refractivity contribution in [2.24, 2.45) is 4.99 Å². The Bertz CT molecular complexity index is 802. The molecule has 1 aliphatic heterocycles. The molecule has 1 aliphatic rings. The normalized spacial score (nSPS) is 15.3. The molecule has 0 aliphatic carbocycles. The zero-order chi connectivity index (χ0) is 21.2. The first-order chi connectivity index (χ1) is 14.7. The van der Waals surface area contributed by atoms with E-state index in [1.807, 2.05) is 6.07 Å². The number of aromatic nitrogens is 2. The number of nitrogens with zero attached hydrogens (tertiary/aromatic N) is 4. The van der Waals surface area contributed by atoms with E-state index in [1.54, 1.807) is 7.11 Å². The van der Waals surface area contributed by atoms with Crippen molar-refractivity contribution in [2.45, 2.75) is 52.2 Å². The van der Waals surface area contributed by atoms with Crippen molar-refractivity contribution >= 4 is 41.0 Å². The van der Waals surface area contributed by atoms with E-state index >= 15 is 0 Å². The van der Waals surface area contributed by atoms with Gasteiger partial charge < -0.3 is 24.3 Å². The molecule has 0 amide bonds. The molecule has 3 rings (SSSR count). The average Bonchev–Trinajstić information content (AvgIpc) is 3.09. The SMILES string of the molecule is CCNC(=NCCCn1c(C)nc2ccccc21)N1CCC(OCCCOC)CC1.I. The molecule has 174 valence electrons. The molecule has 0 spiro atoms. The van der Waals surface area contributed by atoms with Crippen LogP contribution in [0, 0.1) is 6.92 Å². The minimum atomic E-state index is 0. The second-order valence-electron chi connectivity index (χ2n) is 7.79. The fourth-order valence-electron chi connectivity index (χ4n) is 4.01. The molecule has 0 radical (unpaired) electrons. The van der Waals surface area contributed by atoms with Gasteiger partial charge in [0.1, 0.15) is 5.82 Å². The summed E-state index contributed by atoms with van der Waals surface area (Å²) in [5, 5.41) is 3.46. The van der Waals surface area contributed by atoms with Gasteiger partial charge in [0.25, 0.3) is 0 Å². The van der Waals surface area contributed by atoms with E-state index in [0.717, 1.165) is 88.9 Å². The summed E-state index contributed by atoms with van der Waals surface area (Å²) >= 11 is 0. The van der Waals surface area contributed by atoms with Gasteiger partial charge in [-0.15, -0.1) is 24.0 Å². The summed E-state index contributed by atoms with van der Waals surface area (Å²) in [5.74, 6) is 2.10. The molecule has 0 saturated carbocycles. The smallest absolute Gasteiger partial charge is 0.193 e. The summed E-state index contributed by atoms with van der Waals surface area (Å²) in [6.45, 7) is 10.4. The molecular formula is C23H38IN5O2. The van der Waals surface area contributed by atoms with E-state index in [-0.39, 0.29) is 24.0 Å². The van der Waals surface area contributed by atoms with Crippen molar-refractivity contribution < 1.29 is 9.47 Å². The monoisotopic (exact) mass is 543 g/mol. The van der Waals surface area contributed by atoms with E-state index in [4.69, 9.17) is 14.5 Å². The first kappa shape index (κ1) is 25.9. The van der Waals surface area contributed by atoms with Crippen LogP contribution in [0.15, 0.2) is 29.3 Å². The third-order valence-corrected chi connectivity index (χ3v) is 5.57. The second-order valence-corrected chi connectivity index (χ2v) is 7.79. The highest BCUT2D eigenvalue weighted by Crippen LogP contribution is 2.16. The second kappa shape index (κ2) is 13.9. The third kappa shape index (κ3) is 7.61. The average molecular weight is 543 g/mol. The Morgan fingerprint density at radius 1 is 1.19 bits per heavy atom. The van der Waals surface area contributed by atoms with Gasteiger partial charge in [-0.3, -0.25) is 4.99 Å². The lowest BCUT2D eigenvalue weighted by atomic mass is 10.1. The van der Waals surface area contributed by atoms with Crippen molar-refractivity contribution in [1.29, 1.82) is 0 Å². The molecule has 0 bridgehead atoms. The molecule has 2 aromatic rings. The Balaban J connectivity index is 0.00000341. The lowest BCUT2D eigenvalue weighted by Crippen LogP contribution is -2.47. The Morgan fingerprint density at radius 3 is 2.71 bits per heavy atom. The topological polar surface area (TPSA) is 63.9 Å². The number of ether oxygens (including phenoxy) is 2. The number of rotatable bonds is 10. The number of benzene rings is 1. The molecule has 1 fully saturated rings. The van der Waals surface area contributed by atoms with Gasteiger partial charge in [0.2, 0.25) is 0 Å². The van der Waals surface area contributed by atoms with Crippen LogP contribution in [0.5, 0.6) is 0 Å². The van der Waals surface area contributed by atoms with Gasteiger partial charge in [0.15, 0.2) is 5.96 Å². The number of hydrogen-bond acceptors (Lipinski definition) is 4. The number of methoxy groups -OCH3 is 1. The van der Waals surface area contributed by atoms with E-state index < -0.39 is 0 Å². The molecule has 1 aromatic heterocycles. The van der Waals surface area contributed by atoms with Gasteiger partial charge in [-0.1, -0.05) is 12.1 Å². The lowest BCUT2D eigenvalue weighted by Gasteiger charge is -2.34. The minimum absolute atomic E-state index is 0. The number of aliphatic imine (C=N–C) groups is 1. The highest BCUT2D eigenvalue weighted by molar-refractivity contribution is 14.0. The summed E-state index contributed by atoms with van der Waals surface area (Å²) in [4.78, 5) is 11.9. The predicted molar refractivity (Wildman–Crippen MR) is 138 cm³/mol. The number of halogens is 1. The van der Waals surface area contributed by atoms with Crippen molar-refractivity contribution in [1.82, 2.24) is 19.8 Å². The summed E-state index contributed by atoms with van der Waals surface area (Å²) in [6, 6.07) is 8.33. The van der Waals surface area contributed by atoms with Crippen molar-refractivity contribution in [3.8, 4) is 0 Å². The van der Waals surface area contributed by atoms with Gasteiger partial charge in [0.05, 0.1) is 17.1 Å². The van der Waals surface area contributed by atoms with Gasteiger partial charge in [0, 0.05) is 53.0 Å². The number of guanidine groups is 1. The highest BCUT2D eigenvalue weighted by atomic mass is 127. The molecule has 0 unspecified atom stereocenters. The summed E-state index contributed by atoms with van der Waals surface area (Å²) in [7, 11) is 1.73. The first-order valence-electron chi connectivity index (χ1n) is 11.3. The summed E-state index contributed by atoms with van der Waals surface area (Å²) in [5.41, 5.74) is 2.28. The van der Waals surface area contributed by atoms with Crippen LogP contribution in [0.1, 0.15) is 38.4 Å². The quantitative estimate of drug-likeness (QED) is 0.214. The first-order valence-corrected chi connectivity index (χ1v) is 11.3. The number of likely N-dealkylation sites (tertiary alicyclic amines) is 1. The number of hydrogen-bond donors (Lipinski definition) is 1. The maximum absolute atomic E-state index is 5.98. The molecule has 0 atom stereocenters. The minimum Gasteiger partial charge on any atom is -0.385 e. The van der Waals surface area contributed by atoms with E-state index in [0.29, 0.717) is 6.10 Å². The van der Waals surface area contributed by atoms with E-state index in [2.05, 4.69) is 51.8 Å². The number of para-hydroxylation sites is 2. The maximum Gasteiger partial charge on any atom is 0.193 e. The van der Waals surface area contributed by atoms with Crippen LogP contribution in [-0.2, 0) is 16.0 Å². The lowest BCUT2D eigenvalue weighted by molar-refractivity contribution is 0.00990. The maximum atomic E-state index is 5.98. The van der Waals surface area contributed by atoms with Gasteiger partial charge in [-0.2, -0.15) is 0 Å². The number of fused-ring (bicyclic) bond motifs is 1. The number of imidazole rings is 1. The van der Waals surface area contributed by atoms with Crippen molar-refractivity contribution in [3.05, 3.63) is 30.1 Å². The molecule has 2 heterocycles. The van der Waals surface area contributed by atoms with Crippen molar-refractivity contribution in [3.63, 3.8) is 0 Å². The van der Waals surface area contributed by atoms with Crippen LogP contribution in [0.4, 0.5) is 0 Å². The van der Waals surface area contributed by atoms with Crippen LogP contribution in [0.2, 0.25) is 0 Å². The van der Waals surface area contributed by atoms with Crippen LogP contribution >= 0.6 is 24.0 Å². The molecular weight excluding hydrogens is 505 g/mol. The standard InChI is InChI=1S/C23H37N5O2.HI/c1-4-24-23(27-15-11-20(12-16-27)30-18-8-17-29-3)25-13-7-14-28-19(2)26-21-9-5-6-10-22(21)28;/h5-6,9-10,20H,4,7-8,11-18H2,1-3H3,(H,24,25);1H. The third-order valence-electron chi connectivity index (χ3n) is 5.57. The zero-order valence-corrected chi connectivity index (χ0v) is 21.5. The van der Waals surface area contributed by atoms with Crippen LogP contribution in [0.3, 0.4) is 0 Å². The fraction of sp³-hybridized carbons (Fsp3) is 0.652. The molecule has 8 heteroatoms. The molecule has 1 N–H and O–H groups in total. The molecule has 7 nitrogen and oxygen atoms in total. The zero-order valence-electron chi connectivity index (χ0n) is 19.2. The van der Waals surface area contributed by atoms with Crippen molar-refractivity contribution in [2.75, 3.05) is 46.5 Å². The Morgan fingerprint density at radius 2 is 1.97 bits per heavy atom. The Hall–Kier alpha value is -1.39. The van der Waals surface area contributed by atoms with Crippen LogP contribution in [-0.4, -0.2) is 73.0 Å². The number of aryl methyl sites for hydroxylation is 2. The fourth-order valence-corrected chi connectivity index (χ4v) is 4.01. The van der Waals surface area contributed by atoms with Crippen LogP contribution < -0.4 is 5.32 Å². The Kier molecular flexibility index (Phi) is 11.6.